The van der Waals surface area contributed by atoms with Crippen molar-refractivity contribution in [2.75, 3.05) is 18.8 Å². The van der Waals surface area contributed by atoms with Gasteiger partial charge in [-0.3, -0.25) is 0 Å². The molecule has 0 saturated heterocycles. The van der Waals surface area contributed by atoms with Crippen molar-refractivity contribution in [1.82, 2.24) is 15.3 Å². The third-order valence-electron chi connectivity index (χ3n) is 4.24. The lowest BCUT2D eigenvalue weighted by Crippen LogP contribution is -2.21. The van der Waals surface area contributed by atoms with Gasteiger partial charge < -0.3 is 25.6 Å². The van der Waals surface area contributed by atoms with Crippen LogP contribution in [0.5, 0.6) is 0 Å². The van der Waals surface area contributed by atoms with Crippen molar-refractivity contribution in [2.24, 2.45) is 10.7 Å². The summed E-state index contributed by atoms with van der Waals surface area (Å²) in [6.07, 6.45) is 9.47. The molecule has 152 valence electrons. The van der Waals surface area contributed by atoms with E-state index in [1.54, 1.807) is 18.7 Å². The first-order valence-corrected chi connectivity index (χ1v) is 9.56. The number of nitrogen functional groups attached to an aromatic ring is 1. The molecule has 0 radical (unpaired) electrons. The van der Waals surface area contributed by atoms with Crippen LogP contribution >= 0.6 is 0 Å². The molecule has 3 aromatic heterocycles. The number of anilines is 1. The molecule has 3 aromatic rings. The average Bonchev–Trinajstić information content (AvgIpc) is 3.43. The van der Waals surface area contributed by atoms with E-state index in [-0.39, 0.29) is 5.95 Å². The summed E-state index contributed by atoms with van der Waals surface area (Å²) in [5.41, 5.74) is 13.6. The van der Waals surface area contributed by atoms with Gasteiger partial charge in [0.2, 0.25) is 5.95 Å². The van der Waals surface area contributed by atoms with Gasteiger partial charge in [0.15, 0.2) is 11.5 Å². The van der Waals surface area contributed by atoms with E-state index in [0.717, 1.165) is 30.8 Å². The number of furan rings is 2. The maximum absolute atomic E-state index is 5.94. The molecule has 0 bridgehead atoms. The minimum atomic E-state index is 0.158. The Hall–Kier alpha value is -3.39. The highest BCUT2D eigenvalue weighted by Crippen LogP contribution is 2.31. The van der Waals surface area contributed by atoms with Crippen LogP contribution in [0.15, 0.2) is 62.9 Å². The zero-order valence-electron chi connectivity index (χ0n) is 16.5. The Morgan fingerprint density at radius 1 is 1.10 bits per heavy atom. The highest BCUT2D eigenvalue weighted by Gasteiger charge is 2.18. The number of nitrogens with two attached hydrogens (primary N) is 2. The molecule has 8 nitrogen and oxygen atoms in total. The summed E-state index contributed by atoms with van der Waals surface area (Å²) in [6, 6.07) is 7.30. The molecule has 0 amide bonds. The molecule has 0 spiro atoms. The predicted molar refractivity (Wildman–Crippen MR) is 114 cm³/mol. The number of nitrogens with zero attached hydrogens (tertiary/aromatic N) is 3. The van der Waals surface area contributed by atoms with Crippen LogP contribution in [0.3, 0.4) is 0 Å². The first kappa shape index (κ1) is 20.3. The second kappa shape index (κ2) is 10.2. The smallest absolute Gasteiger partial charge is 0.221 e. The first-order chi connectivity index (χ1) is 14.2. The second-order valence-corrected chi connectivity index (χ2v) is 6.44. The number of aromatic nitrogens is 2. The van der Waals surface area contributed by atoms with Crippen molar-refractivity contribution in [1.29, 1.82) is 0 Å². The number of rotatable bonds is 9. The number of unbranched alkanes of at least 4 members (excludes halogenated alkanes) is 1. The molecule has 0 saturated carbocycles. The van der Waals surface area contributed by atoms with E-state index in [1.165, 1.54) is 0 Å². The fourth-order valence-electron chi connectivity index (χ4n) is 2.85. The van der Waals surface area contributed by atoms with Crippen molar-refractivity contribution in [3.63, 3.8) is 0 Å². The zero-order chi connectivity index (χ0) is 20.5. The van der Waals surface area contributed by atoms with E-state index in [4.69, 9.17) is 20.3 Å². The molecule has 0 aliphatic carbocycles. The topological polar surface area (TPSA) is 128 Å². The van der Waals surface area contributed by atoms with E-state index in [0.29, 0.717) is 35.9 Å². The molecule has 3 rings (SSSR count). The molecule has 0 aliphatic rings. The number of amidine groups is 1. The van der Waals surface area contributed by atoms with Gasteiger partial charge in [0.1, 0.15) is 11.4 Å². The monoisotopic (exact) mass is 394 g/mol. The van der Waals surface area contributed by atoms with Crippen molar-refractivity contribution in [3.8, 4) is 22.9 Å². The number of hydrogen-bond acceptors (Lipinski definition) is 7. The van der Waals surface area contributed by atoms with Crippen LogP contribution in [0.4, 0.5) is 5.95 Å². The third kappa shape index (κ3) is 5.55. The van der Waals surface area contributed by atoms with E-state index in [2.05, 4.69) is 20.3 Å². The maximum Gasteiger partial charge on any atom is 0.221 e. The van der Waals surface area contributed by atoms with Gasteiger partial charge in [0, 0.05) is 18.3 Å². The number of hydrogen-bond donors (Lipinski definition) is 3. The lowest BCUT2D eigenvalue weighted by Gasteiger charge is -2.10. The van der Waals surface area contributed by atoms with Crippen LogP contribution in [0.2, 0.25) is 0 Å². The van der Waals surface area contributed by atoms with Gasteiger partial charge in [-0.05, 0) is 57.0 Å². The van der Waals surface area contributed by atoms with Crippen molar-refractivity contribution < 1.29 is 8.83 Å². The fraction of sp³-hybridized carbons (Fsp3) is 0.286. The summed E-state index contributed by atoms with van der Waals surface area (Å²) < 4.78 is 11.1. The largest absolute Gasteiger partial charge is 0.463 e. The lowest BCUT2D eigenvalue weighted by atomic mass is 10.0. The van der Waals surface area contributed by atoms with Crippen molar-refractivity contribution in [3.05, 3.63) is 54.6 Å². The quantitative estimate of drug-likeness (QED) is 0.288. The first-order valence-electron chi connectivity index (χ1n) is 9.56. The summed E-state index contributed by atoms with van der Waals surface area (Å²) in [5, 5.41) is 3.26. The Kier molecular flexibility index (Phi) is 7.18. The molecule has 0 unspecified atom stereocenters. The summed E-state index contributed by atoms with van der Waals surface area (Å²) in [4.78, 5) is 13.2. The number of allylic oxidation sites excluding steroid dienone is 1. The lowest BCUT2D eigenvalue weighted by molar-refractivity contribution is 0.575. The van der Waals surface area contributed by atoms with E-state index < -0.39 is 0 Å². The minimum Gasteiger partial charge on any atom is -0.463 e. The molecule has 0 fully saturated rings. The molecule has 8 heteroatoms. The minimum absolute atomic E-state index is 0.158. The Morgan fingerprint density at radius 2 is 1.76 bits per heavy atom. The van der Waals surface area contributed by atoms with Gasteiger partial charge in [-0.15, -0.1) is 0 Å². The standard InChI is InChI=1S/C21H26N6O2/c1-15(24-11-3-2-10-22)25-12-4-7-16-19(17-8-5-13-28-17)26-21(23)27-20(16)18-9-6-14-29-18/h4-6,8-9,12-14H,2-3,7,10-11,22H2,1H3,(H,24,25)(H2,23,26,27)/b12-4-. The molecule has 3 heterocycles. The van der Waals surface area contributed by atoms with Crippen LogP contribution in [-0.2, 0) is 6.42 Å². The van der Waals surface area contributed by atoms with Crippen molar-refractivity contribution >= 4 is 11.8 Å². The summed E-state index contributed by atoms with van der Waals surface area (Å²) in [6.45, 7) is 3.50. The predicted octanol–water partition coefficient (Wildman–Crippen LogP) is 3.38. The molecule has 5 N–H and O–H groups in total. The third-order valence-corrected chi connectivity index (χ3v) is 4.24. The van der Waals surface area contributed by atoms with Gasteiger partial charge in [-0.25, -0.2) is 15.0 Å². The van der Waals surface area contributed by atoms with E-state index in [9.17, 15) is 0 Å². The van der Waals surface area contributed by atoms with Gasteiger partial charge in [0.05, 0.1) is 18.4 Å². The number of nitrogens with one attached hydrogen (secondary N) is 1. The normalized spacial score (nSPS) is 12.0. The maximum atomic E-state index is 5.94. The Labute approximate surface area is 169 Å². The molecule has 29 heavy (non-hydrogen) atoms. The number of aliphatic imine (C=N–C) groups is 1. The van der Waals surface area contributed by atoms with Gasteiger partial charge in [-0.2, -0.15) is 0 Å². The Balaban J connectivity index is 1.82. The summed E-state index contributed by atoms with van der Waals surface area (Å²) in [7, 11) is 0. The Morgan fingerprint density at radius 3 is 2.31 bits per heavy atom. The molecule has 0 aromatic carbocycles. The Bertz CT molecular complexity index is 890. The summed E-state index contributed by atoms with van der Waals surface area (Å²) >= 11 is 0. The average molecular weight is 394 g/mol. The molecule has 0 aliphatic heterocycles. The summed E-state index contributed by atoms with van der Waals surface area (Å²) in [5.74, 6) is 2.25. The highest BCUT2D eigenvalue weighted by molar-refractivity contribution is 5.80. The second-order valence-electron chi connectivity index (χ2n) is 6.44. The van der Waals surface area contributed by atoms with Gasteiger partial charge in [0.25, 0.3) is 0 Å². The SMILES string of the molecule is C/C(=N\C=C/Cc1c(-c2ccco2)nc(N)nc1-c1ccco1)NCCCCN. The molecule has 0 atom stereocenters. The van der Waals surface area contributed by atoms with Crippen LogP contribution in [0.1, 0.15) is 25.3 Å². The van der Waals surface area contributed by atoms with Gasteiger partial charge in [-0.1, -0.05) is 6.08 Å². The van der Waals surface area contributed by atoms with Crippen LogP contribution in [-0.4, -0.2) is 28.9 Å². The van der Waals surface area contributed by atoms with E-state index in [1.807, 2.05) is 37.3 Å². The van der Waals surface area contributed by atoms with Crippen molar-refractivity contribution in [2.45, 2.75) is 26.2 Å². The van der Waals surface area contributed by atoms with Crippen LogP contribution < -0.4 is 16.8 Å². The van der Waals surface area contributed by atoms with Crippen LogP contribution in [0.25, 0.3) is 22.9 Å². The van der Waals surface area contributed by atoms with Crippen LogP contribution in [0, 0.1) is 0 Å². The fourth-order valence-corrected chi connectivity index (χ4v) is 2.85. The highest BCUT2D eigenvalue weighted by atomic mass is 16.3. The van der Waals surface area contributed by atoms with Gasteiger partial charge >= 0.3 is 0 Å². The molecular weight excluding hydrogens is 368 g/mol. The van der Waals surface area contributed by atoms with E-state index >= 15 is 0 Å². The zero-order valence-corrected chi connectivity index (χ0v) is 16.5. The molecular formula is C21H26N6O2.